The fourth-order valence-corrected chi connectivity index (χ4v) is 4.47. The quantitative estimate of drug-likeness (QED) is 0.635. The molecule has 0 fully saturated rings. The van der Waals surface area contributed by atoms with Crippen molar-refractivity contribution >= 4 is 40.3 Å². The number of hydrogen-bond acceptors (Lipinski definition) is 4. The first-order chi connectivity index (χ1) is 10.8. The first-order valence-electron chi connectivity index (χ1n) is 6.88. The van der Waals surface area contributed by atoms with Crippen LogP contribution in [0.2, 0.25) is 0 Å². The van der Waals surface area contributed by atoms with Crippen molar-refractivity contribution in [3.8, 4) is 0 Å². The molecule has 0 aliphatic rings. The summed E-state index contributed by atoms with van der Waals surface area (Å²) in [5, 5.41) is 7.09. The van der Waals surface area contributed by atoms with Crippen LogP contribution >= 0.6 is 34.4 Å². The summed E-state index contributed by atoms with van der Waals surface area (Å²) in [6.07, 6.45) is 0. The fourth-order valence-electron chi connectivity index (χ4n) is 2.00. The van der Waals surface area contributed by atoms with Gasteiger partial charge in [-0.3, -0.25) is 4.79 Å². The van der Waals surface area contributed by atoms with E-state index >= 15 is 0 Å². The van der Waals surface area contributed by atoms with E-state index in [1.165, 1.54) is 4.88 Å². The molecule has 0 aliphatic carbocycles. The van der Waals surface area contributed by atoms with Crippen molar-refractivity contribution in [1.29, 1.82) is 0 Å². The molecule has 0 atom stereocenters. The van der Waals surface area contributed by atoms with E-state index in [1.807, 2.05) is 41.8 Å². The van der Waals surface area contributed by atoms with Gasteiger partial charge in [-0.15, -0.1) is 34.4 Å². The lowest BCUT2D eigenvalue weighted by atomic mass is 10.2. The van der Waals surface area contributed by atoms with Gasteiger partial charge in [0.1, 0.15) is 0 Å². The summed E-state index contributed by atoms with van der Waals surface area (Å²) in [4.78, 5) is 15.9. The van der Waals surface area contributed by atoms with Gasteiger partial charge in [-0.1, -0.05) is 24.3 Å². The number of benzene rings is 1. The van der Waals surface area contributed by atoms with Crippen LogP contribution in [0.3, 0.4) is 0 Å². The van der Waals surface area contributed by atoms with E-state index in [-0.39, 0.29) is 5.91 Å². The van der Waals surface area contributed by atoms with Crippen LogP contribution in [-0.4, -0.2) is 5.91 Å². The SMILES string of the molecule is O=C(NCc1cccs1)c1ccccc1SCc1cccs1. The van der Waals surface area contributed by atoms with Gasteiger partial charge in [0, 0.05) is 20.4 Å². The predicted octanol–water partition coefficient (Wildman–Crippen LogP) is 5.03. The van der Waals surface area contributed by atoms with Crippen LogP contribution < -0.4 is 5.32 Å². The molecule has 2 aromatic heterocycles. The van der Waals surface area contributed by atoms with Crippen LogP contribution in [0, 0.1) is 0 Å². The van der Waals surface area contributed by atoms with E-state index in [0.29, 0.717) is 6.54 Å². The summed E-state index contributed by atoms with van der Waals surface area (Å²) in [7, 11) is 0. The molecule has 0 aliphatic heterocycles. The second-order valence-electron chi connectivity index (χ2n) is 4.63. The molecule has 1 aromatic carbocycles. The highest BCUT2D eigenvalue weighted by Crippen LogP contribution is 2.28. The molecule has 0 saturated heterocycles. The molecule has 0 unspecified atom stereocenters. The molecule has 3 rings (SSSR count). The van der Waals surface area contributed by atoms with Gasteiger partial charge in [0.05, 0.1) is 12.1 Å². The highest BCUT2D eigenvalue weighted by atomic mass is 32.2. The van der Waals surface area contributed by atoms with Gasteiger partial charge >= 0.3 is 0 Å². The Labute approximate surface area is 142 Å². The van der Waals surface area contributed by atoms with Crippen LogP contribution in [0.15, 0.2) is 64.2 Å². The van der Waals surface area contributed by atoms with E-state index in [9.17, 15) is 4.79 Å². The maximum absolute atomic E-state index is 12.4. The molecule has 0 radical (unpaired) electrons. The lowest BCUT2D eigenvalue weighted by Crippen LogP contribution is -2.22. The summed E-state index contributed by atoms with van der Waals surface area (Å²) in [6.45, 7) is 0.584. The molecule has 2 nitrogen and oxygen atoms in total. The zero-order chi connectivity index (χ0) is 15.2. The maximum Gasteiger partial charge on any atom is 0.252 e. The third-order valence-corrected chi connectivity index (χ3v) is 6.14. The van der Waals surface area contributed by atoms with Crippen LogP contribution in [0.1, 0.15) is 20.1 Å². The Balaban J connectivity index is 1.65. The largest absolute Gasteiger partial charge is 0.347 e. The van der Waals surface area contributed by atoms with Crippen LogP contribution in [0.5, 0.6) is 0 Å². The zero-order valence-corrected chi connectivity index (χ0v) is 14.3. The molecule has 0 saturated carbocycles. The lowest BCUT2D eigenvalue weighted by molar-refractivity contribution is 0.0948. The topological polar surface area (TPSA) is 29.1 Å². The third-order valence-electron chi connectivity index (χ3n) is 3.08. The Morgan fingerprint density at radius 1 is 0.955 bits per heavy atom. The number of carbonyl (C=O) groups excluding carboxylic acids is 1. The highest BCUT2D eigenvalue weighted by molar-refractivity contribution is 7.98. The minimum atomic E-state index is -0.0114. The van der Waals surface area contributed by atoms with Gasteiger partial charge in [0.25, 0.3) is 5.91 Å². The van der Waals surface area contributed by atoms with Gasteiger partial charge in [0.2, 0.25) is 0 Å². The Hall–Kier alpha value is -1.56. The summed E-state index contributed by atoms with van der Waals surface area (Å²) in [5.74, 6) is 0.884. The van der Waals surface area contributed by atoms with Gasteiger partial charge in [-0.05, 0) is 35.0 Å². The average molecular weight is 346 g/mol. The van der Waals surface area contributed by atoms with Crippen molar-refractivity contribution in [2.45, 2.75) is 17.2 Å². The molecule has 2 heterocycles. The molecule has 1 N–H and O–H groups in total. The highest BCUT2D eigenvalue weighted by Gasteiger charge is 2.11. The number of rotatable bonds is 6. The Morgan fingerprint density at radius 2 is 1.68 bits per heavy atom. The standard InChI is InChI=1S/C17H15NOS3/c19-17(18-11-13-5-3-9-20-13)15-7-1-2-8-16(15)22-12-14-6-4-10-21-14/h1-10H,11-12H2,(H,18,19). The second kappa shape index (κ2) is 7.63. The number of nitrogens with one attached hydrogen (secondary N) is 1. The smallest absolute Gasteiger partial charge is 0.252 e. The molecule has 0 bridgehead atoms. The molecular weight excluding hydrogens is 330 g/mol. The minimum absolute atomic E-state index is 0.0114. The summed E-state index contributed by atoms with van der Waals surface area (Å²) in [6, 6.07) is 16.0. The number of thioether (sulfide) groups is 1. The normalized spacial score (nSPS) is 10.5. The molecule has 112 valence electrons. The molecule has 5 heteroatoms. The van der Waals surface area contributed by atoms with Crippen molar-refractivity contribution in [3.63, 3.8) is 0 Å². The Kier molecular flexibility index (Phi) is 5.32. The molecule has 0 spiro atoms. The van der Waals surface area contributed by atoms with E-state index in [2.05, 4.69) is 22.8 Å². The van der Waals surface area contributed by atoms with Crippen LogP contribution in [-0.2, 0) is 12.3 Å². The summed E-state index contributed by atoms with van der Waals surface area (Å²) in [5.41, 5.74) is 0.751. The maximum atomic E-state index is 12.4. The fraction of sp³-hybridized carbons (Fsp3) is 0.118. The second-order valence-corrected chi connectivity index (χ2v) is 7.71. The van der Waals surface area contributed by atoms with Gasteiger partial charge in [-0.25, -0.2) is 0 Å². The van der Waals surface area contributed by atoms with Crippen LogP contribution in [0.25, 0.3) is 0 Å². The van der Waals surface area contributed by atoms with Crippen molar-refractivity contribution < 1.29 is 4.79 Å². The van der Waals surface area contributed by atoms with Gasteiger partial charge in [-0.2, -0.15) is 0 Å². The number of hydrogen-bond donors (Lipinski definition) is 1. The number of carbonyl (C=O) groups is 1. The average Bonchev–Trinajstić information content (AvgIpc) is 3.24. The zero-order valence-electron chi connectivity index (χ0n) is 11.8. The van der Waals surface area contributed by atoms with Crippen molar-refractivity contribution in [2.75, 3.05) is 0 Å². The van der Waals surface area contributed by atoms with Gasteiger partial charge < -0.3 is 5.32 Å². The lowest BCUT2D eigenvalue weighted by Gasteiger charge is -2.09. The van der Waals surface area contributed by atoms with E-state index in [0.717, 1.165) is 21.1 Å². The van der Waals surface area contributed by atoms with E-state index < -0.39 is 0 Å². The Morgan fingerprint density at radius 3 is 2.41 bits per heavy atom. The Bertz CT molecular complexity index is 720. The van der Waals surface area contributed by atoms with Crippen molar-refractivity contribution in [2.24, 2.45) is 0 Å². The first-order valence-corrected chi connectivity index (χ1v) is 9.62. The van der Waals surface area contributed by atoms with E-state index in [1.54, 1.807) is 34.4 Å². The third kappa shape index (κ3) is 4.00. The number of amides is 1. The van der Waals surface area contributed by atoms with Gasteiger partial charge in [0.15, 0.2) is 0 Å². The monoisotopic (exact) mass is 345 g/mol. The summed E-state index contributed by atoms with van der Waals surface area (Å²) >= 11 is 5.11. The summed E-state index contributed by atoms with van der Waals surface area (Å²) < 4.78 is 0. The van der Waals surface area contributed by atoms with Crippen molar-refractivity contribution in [3.05, 3.63) is 74.6 Å². The van der Waals surface area contributed by atoms with Crippen molar-refractivity contribution in [1.82, 2.24) is 5.32 Å². The predicted molar refractivity (Wildman–Crippen MR) is 95.8 cm³/mol. The molecule has 1 amide bonds. The van der Waals surface area contributed by atoms with Crippen LogP contribution in [0.4, 0.5) is 0 Å². The molecular formula is C17H15NOS3. The molecule has 22 heavy (non-hydrogen) atoms. The minimum Gasteiger partial charge on any atom is -0.347 e. The first kappa shape index (κ1) is 15.3. The van der Waals surface area contributed by atoms with E-state index in [4.69, 9.17) is 0 Å². The molecule has 3 aromatic rings. The number of thiophene rings is 2.